The molecule has 2 heterocycles. The molecule has 1 aromatic carbocycles. The second kappa shape index (κ2) is 5.21. The van der Waals surface area contributed by atoms with Crippen molar-refractivity contribution >= 4 is 0 Å². The predicted octanol–water partition coefficient (Wildman–Crippen LogP) is 2.20. The summed E-state index contributed by atoms with van der Waals surface area (Å²) in [5, 5.41) is 2.02. The maximum atomic E-state index is 5.97. The second-order valence-corrected chi connectivity index (χ2v) is 5.73. The lowest BCUT2D eigenvalue weighted by atomic mass is 10.1. The first-order valence-electron chi connectivity index (χ1n) is 6.86. The smallest absolute Gasteiger partial charge is 0.162 e. The lowest BCUT2D eigenvalue weighted by molar-refractivity contribution is -0.225. The molecule has 0 spiro atoms. The summed E-state index contributed by atoms with van der Waals surface area (Å²) in [5.74, 6) is -0.0942. The number of ether oxygens (including phenoxy) is 2. The number of benzene rings is 1. The van der Waals surface area contributed by atoms with Crippen LogP contribution in [0, 0.1) is 5.92 Å². The van der Waals surface area contributed by atoms with E-state index in [9.17, 15) is 0 Å². The third kappa shape index (κ3) is 3.15. The number of fused-ring (bicyclic) bond motifs is 1. The minimum atomic E-state index is -0.488. The maximum Gasteiger partial charge on any atom is 0.162 e. The van der Waals surface area contributed by atoms with Gasteiger partial charge >= 0.3 is 0 Å². The van der Waals surface area contributed by atoms with E-state index >= 15 is 0 Å². The number of hydroxylamine groups is 2. The third-order valence-corrected chi connectivity index (χ3v) is 3.69. The summed E-state index contributed by atoms with van der Waals surface area (Å²) in [4.78, 5) is 5.97. The molecule has 1 aromatic rings. The number of nitrogens with zero attached hydrogens (tertiary/aromatic N) is 1. The molecule has 0 radical (unpaired) electrons. The summed E-state index contributed by atoms with van der Waals surface area (Å²) in [6.45, 7) is 6.92. The van der Waals surface area contributed by atoms with Crippen molar-refractivity contribution in [3.05, 3.63) is 35.9 Å². The lowest BCUT2D eigenvalue weighted by Crippen LogP contribution is -2.30. The lowest BCUT2D eigenvalue weighted by Gasteiger charge is -2.24. The van der Waals surface area contributed by atoms with Gasteiger partial charge in [0.15, 0.2) is 5.79 Å². The molecule has 0 amide bonds. The highest BCUT2D eigenvalue weighted by molar-refractivity contribution is 5.14. The Morgan fingerprint density at radius 3 is 2.68 bits per heavy atom. The topological polar surface area (TPSA) is 30.9 Å². The van der Waals surface area contributed by atoms with Crippen LogP contribution in [0.25, 0.3) is 0 Å². The summed E-state index contributed by atoms with van der Waals surface area (Å²) in [6, 6.07) is 10.4. The normalized spacial score (nSPS) is 30.8. The van der Waals surface area contributed by atoms with Crippen molar-refractivity contribution in [2.24, 2.45) is 5.92 Å². The third-order valence-electron chi connectivity index (χ3n) is 3.69. The SMILES string of the molecule is CC1(C)OC[C@H]2CN(Cc3ccccc3)O[C@H]2CO1. The molecule has 4 heteroatoms. The van der Waals surface area contributed by atoms with Crippen molar-refractivity contribution in [1.82, 2.24) is 5.06 Å². The fourth-order valence-electron chi connectivity index (χ4n) is 2.55. The Balaban J connectivity index is 1.59. The molecular formula is C15H21NO3. The van der Waals surface area contributed by atoms with E-state index in [1.54, 1.807) is 0 Å². The van der Waals surface area contributed by atoms with Crippen LogP contribution in [-0.4, -0.2) is 36.7 Å². The van der Waals surface area contributed by atoms with Crippen LogP contribution in [0.2, 0.25) is 0 Å². The van der Waals surface area contributed by atoms with Crippen LogP contribution in [0.4, 0.5) is 0 Å². The number of hydrogen-bond donors (Lipinski definition) is 0. The van der Waals surface area contributed by atoms with Gasteiger partial charge in [0.1, 0.15) is 6.10 Å². The zero-order chi connectivity index (χ0) is 13.3. The molecule has 2 aliphatic heterocycles. The van der Waals surface area contributed by atoms with E-state index in [4.69, 9.17) is 14.3 Å². The Kier molecular flexibility index (Phi) is 3.58. The van der Waals surface area contributed by atoms with Crippen LogP contribution < -0.4 is 0 Å². The van der Waals surface area contributed by atoms with E-state index in [2.05, 4.69) is 24.3 Å². The van der Waals surface area contributed by atoms with Crippen molar-refractivity contribution in [1.29, 1.82) is 0 Å². The molecule has 0 unspecified atom stereocenters. The molecule has 0 aromatic heterocycles. The average Bonchev–Trinajstić information content (AvgIpc) is 2.72. The van der Waals surface area contributed by atoms with Gasteiger partial charge in [-0.25, -0.2) is 0 Å². The molecule has 0 bridgehead atoms. The Labute approximate surface area is 114 Å². The van der Waals surface area contributed by atoms with Gasteiger partial charge in [0.2, 0.25) is 0 Å². The molecule has 2 aliphatic rings. The standard InChI is InChI=1S/C15H21NO3/c1-15(2)17-10-13-9-16(19-14(13)11-18-15)8-12-6-4-3-5-7-12/h3-7,13-14H,8-11H2,1-2H3/t13-,14+/m1/s1. The fraction of sp³-hybridized carbons (Fsp3) is 0.600. The first kappa shape index (κ1) is 13.1. The molecule has 0 saturated carbocycles. The van der Waals surface area contributed by atoms with Gasteiger partial charge < -0.3 is 9.47 Å². The molecule has 0 N–H and O–H groups in total. The first-order valence-corrected chi connectivity index (χ1v) is 6.86. The molecule has 3 rings (SSSR count). The van der Waals surface area contributed by atoms with Gasteiger partial charge in [-0.15, -0.1) is 0 Å². The van der Waals surface area contributed by atoms with Crippen LogP contribution in [0.3, 0.4) is 0 Å². The maximum absolute atomic E-state index is 5.97. The minimum absolute atomic E-state index is 0.116. The average molecular weight is 263 g/mol. The highest BCUT2D eigenvalue weighted by Crippen LogP contribution is 2.29. The van der Waals surface area contributed by atoms with Crippen LogP contribution in [0.5, 0.6) is 0 Å². The van der Waals surface area contributed by atoms with Gasteiger partial charge in [0.05, 0.1) is 13.2 Å². The fourth-order valence-corrected chi connectivity index (χ4v) is 2.55. The minimum Gasteiger partial charge on any atom is -0.350 e. The molecule has 0 aliphatic carbocycles. The van der Waals surface area contributed by atoms with Gasteiger partial charge in [-0.05, 0) is 19.4 Å². The van der Waals surface area contributed by atoms with Gasteiger partial charge in [-0.3, -0.25) is 4.84 Å². The van der Waals surface area contributed by atoms with Gasteiger partial charge in [-0.2, -0.15) is 5.06 Å². The highest BCUT2D eigenvalue weighted by atomic mass is 16.7. The second-order valence-electron chi connectivity index (χ2n) is 5.73. The predicted molar refractivity (Wildman–Crippen MR) is 71.2 cm³/mol. The summed E-state index contributed by atoms with van der Waals surface area (Å²) in [7, 11) is 0. The van der Waals surface area contributed by atoms with Crippen LogP contribution >= 0.6 is 0 Å². The van der Waals surface area contributed by atoms with Crippen LogP contribution in [0.15, 0.2) is 30.3 Å². The molecule has 19 heavy (non-hydrogen) atoms. The van der Waals surface area contributed by atoms with E-state index in [-0.39, 0.29) is 6.10 Å². The van der Waals surface area contributed by atoms with Crippen LogP contribution in [0.1, 0.15) is 19.4 Å². The van der Waals surface area contributed by atoms with E-state index < -0.39 is 5.79 Å². The van der Waals surface area contributed by atoms with E-state index in [0.29, 0.717) is 19.1 Å². The summed E-state index contributed by atoms with van der Waals surface area (Å²) >= 11 is 0. The van der Waals surface area contributed by atoms with Crippen molar-refractivity contribution in [3.63, 3.8) is 0 Å². The van der Waals surface area contributed by atoms with Crippen molar-refractivity contribution < 1.29 is 14.3 Å². The van der Waals surface area contributed by atoms with Gasteiger partial charge in [-0.1, -0.05) is 30.3 Å². The Morgan fingerprint density at radius 1 is 1.16 bits per heavy atom. The largest absolute Gasteiger partial charge is 0.350 e. The molecule has 4 nitrogen and oxygen atoms in total. The highest BCUT2D eigenvalue weighted by Gasteiger charge is 2.39. The quantitative estimate of drug-likeness (QED) is 0.818. The monoisotopic (exact) mass is 263 g/mol. The summed E-state index contributed by atoms with van der Waals surface area (Å²) in [5.41, 5.74) is 1.26. The zero-order valence-electron chi connectivity index (χ0n) is 11.5. The summed E-state index contributed by atoms with van der Waals surface area (Å²) < 4.78 is 11.5. The molecule has 104 valence electrons. The van der Waals surface area contributed by atoms with Crippen LogP contribution in [-0.2, 0) is 20.9 Å². The number of hydrogen-bond acceptors (Lipinski definition) is 4. The molecule has 2 saturated heterocycles. The first-order chi connectivity index (χ1) is 9.12. The zero-order valence-corrected chi connectivity index (χ0v) is 11.5. The van der Waals surface area contributed by atoms with E-state index in [0.717, 1.165) is 13.1 Å². The van der Waals surface area contributed by atoms with Gasteiger partial charge in [0, 0.05) is 19.0 Å². The number of rotatable bonds is 2. The van der Waals surface area contributed by atoms with E-state index in [1.807, 2.05) is 25.0 Å². The summed E-state index contributed by atoms with van der Waals surface area (Å²) in [6.07, 6.45) is 0.116. The Morgan fingerprint density at radius 2 is 1.89 bits per heavy atom. The Hall–Kier alpha value is -0.940. The molecular weight excluding hydrogens is 242 g/mol. The van der Waals surface area contributed by atoms with Crippen molar-refractivity contribution in [2.75, 3.05) is 19.8 Å². The van der Waals surface area contributed by atoms with Gasteiger partial charge in [0.25, 0.3) is 0 Å². The molecule has 2 atom stereocenters. The Bertz CT molecular complexity index is 403. The van der Waals surface area contributed by atoms with E-state index in [1.165, 1.54) is 5.56 Å². The molecule has 2 fully saturated rings. The van der Waals surface area contributed by atoms with Crippen molar-refractivity contribution in [2.45, 2.75) is 32.3 Å². The van der Waals surface area contributed by atoms with Crippen molar-refractivity contribution in [3.8, 4) is 0 Å².